The number of anilines is 1. The van der Waals surface area contributed by atoms with Crippen LogP contribution in [0.5, 0.6) is 0 Å². The quantitative estimate of drug-likeness (QED) is 0.816. The van der Waals surface area contributed by atoms with Gasteiger partial charge < -0.3 is 10.1 Å². The number of amides is 1. The summed E-state index contributed by atoms with van der Waals surface area (Å²) < 4.78 is 5.13. The molecule has 0 spiro atoms. The molecule has 126 valence electrons. The lowest BCUT2D eigenvalue weighted by atomic mass is 10.0. The van der Waals surface area contributed by atoms with Crippen molar-refractivity contribution in [2.24, 2.45) is 0 Å². The van der Waals surface area contributed by atoms with E-state index in [1.807, 2.05) is 24.3 Å². The second-order valence-electron chi connectivity index (χ2n) is 6.26. The zero-order valence-electron chi connectivity index (χ0n) is 14.5. The summed E-state index contributed by atoms with van der Waals surface area (Å²) in [6, 6.07) is 14.2. The molecular weight excluding hydrogens is 302 g/mol. The molecular formula is C20H23NO3. The van der Waals surface area contributed by atoms with E-state index < -0.39 is 0 Å². The maximum absolute atomic E-state index is 12.3. The van der Waals surface area contributed by atoms with Gasteiger partial charge in [0.25, 0.3) is 5.91 Å². The minimum atomic E-state index is -0.368. The van der Waals surface area contributed by atoms with Crippen LogP contribution < -0.4 is 5.32 Å². The molecule has 0 saturated carbocycles. The lowest BCUT2D eigenvalue weighted by Crippen LogP contribution is -2.13. The molecule has 2 aromatic rings. The van der Waals surface area contributed by atoms with E-state index >= 15 is 0 Å². The normalized spacial score (nSPS) is 10.8. The van der Waals surface area contributed by atoms with Crippen LogP contribution in [0.2, 0.25) is 0 Å². The molecule has 0 unspecified atom stereocenters. The number of carbonyl (C=O) groups excluding carboxylic acids is 2. The molecule has 24 heavy (non-hydrogen) atoms. The van der Waals surface area contributed by atoms with Gasteiger partial charge in [-0.2, -0.15) is 0 Å². The average molecular weight is 325 g/mol. The van der Waals surface area contributed by atoms with Crippen molar-refractivity contribution in [1.29, 1.82) is 0 Å². The fourth-order valence-electron chi connectivity index (χ4n) is 2.19. The Hall–Kier alpha value is -2.62. The molecule has 0 aliphatic rings. The van der Waals surface area contributed by atoms with Gasteiger partial charge in [0.15, 0.2) is 0 Å². The van der Waals surface area contributed by atoms with Crippen LogP contribution >= 0.6 is 0 Å². The highest BCUT2D eigenvalue weighted by Crippen LogP contribution is 2.16. The predicted molar refractivity (Wildman–Crippen MR) is 95.5 cm³/mol. The number of rotatable bonds is 5. The molecule has 0 radical (unpaired) electrons. The third-order valence-electron chi connectivity index (χ3n) is 3.56. The van der Waals surface area contributed by atoms with Gasteiger partial charge in [0.05, 0.1) is 11.7 Å². The highest BCUT2D eigenvalue weighted by molar-refractivity contribution is 6.04. The fourth-order valence-corrected chi connectivity index (χ4v) is 2.19. The molecule has 1 amide bonds. The molecule has 2 rings (SSSR count). The number of nitrogens with one attached hydrogen (secondary N) is 1. The number of esters is 1. The van der Waals surface area contributed by atoms with Crippen molar-refractivity contribution in [3.8, 4) is 0 Å². The van der Waals surface area contributed by atoms with Crippen molar-refractivity contribution in [1.82, 2.24) is 0 Å². The topological polar surface area (TPSA) is 55.4 Å². The van der Waals surface area contributed by atoms with E-state index in [0.717, 1.165) is 0 Å². The first-order valence-electron chi connectivity index (χ1n) is 8.09. The monoisotopic (exact) mass is 325 g/mol. The number of ether oxygens (including phenoxy) is 1. The fraction of sp³-hybridized carbons (Fsp3) is 0.300. The number of benzene rings is 2. The van der Waals surface area contributed by atoms with Gasteiger partial charge in [-0.05, 0) is 61.7 Å². The Morgan fingerprint density at radius 2 is 1.38 bits per heavy atom. The molecule has 4 heteroatoms. The molecule has 0 bridgehead atoms. The van der Waals surface area contributed by atoms with Crippen molar-refractivity contribution in [3.63, 3.8) is 0 Å². The SMILES string of the molecule is CC(C)OC(=O)c1ccc(NC(=O)c2ccc(C(C)C)cc2)cc1. The zero-order chi connectivity index (χ0) is 17.7. The first-order valence-corrected chi connectivity index (χ1v) is 8.09. The van der Waals surface area contributed by atoms with E-state index in [1.54, 1.807) is 38.1 Å². The number of carbonyl (C=O) groups is 2. The van der Waals surface area contributed by atoms with Gasteiger partial charge in [-0.3, -0.25) is 4.79 Å². The average Bonchev–Trinajstić information content (AvgIpc) is 2.55. The molecule has 0 aliphatic carbocycles. The van der Waals surface area contributed by atoms with Gasteiger partial charge in [0.1, 0.15) is 0 Å². The van der Waals surface area contributed by atoms with Gasteiger partial charge in [-0.1, -0.05) is 26.0 Å². The summed E-state index contributed by atoms with van der Waals surface area (Å²) in [5, 5.41) is 2.82. The maximum atomic E-state index is 12.3. The summed E-state index contributed by atoms with van der Waals surface area (Å²) >= 11 is 0. The molecule has 4 nitrogen and oxygen atoms in total. The maximum Gasteiger partial charge on any atom is 0.338 e. The van der Waals surface area contributed by atoms with E-state index in [9.17, 15) is 9.59 Å². The number of hydrogen-bond acceptors (Lipinski definition) is 3. The summed E-state index contributed by atoms with van der Waals surface area (Å²) in [5.41, 5.74) is 2.89. The molecule has 0 heterocycles. The molecule has 1 N–H and O–H groups in total. The summed E-state index contributed by atoms with van der Waals surface area (Å²) in [4.78, 5) is 24.0. The summed E-state index contributed by atoms with van der Waals surface area (Å²) in [5.74, 6) is -0.116. The van der Waals surface area contributed by atoms with Crippen molar-refractivity contribution in [2.75, 3.05) is 5.32 Å². The Morgan fingerprint density at radius 3 is 1.88 bits per heavy atom. The second-order valence-corrected chi connectivity index (χ2v) is 6.26. The van der Waals surface area contributed by atoms with Crippen molar-refractivity contribution >= 4 is 17.6 Å². The third-order valence-corrected chi connectivity index (χ3v) is 3.56. The Kier molecular flexibility index (Phi) is 5.74. The van der Waals surface area contributed by atoms with Crippen LogP contribution in [0.4, 0.5) is 5.69 Å². The van der Waals surface area contributed by atoms with Crippen molar-refractivity contribution < 1.29 is 14.3 Å². The lowest BCUT2D eigenvalue weighted by Gasteiger charge is -2.10. The molecule has 0 aromatic heterocycles. The number of hydrogen-bond donors (Lipinski definition) is 1. The Labute approximate surface area is 142 Å². The van der Waals surface area contributed by atoms with Gasteiger partial charge in [0, 0.05) is 11.3 Å². The minimum absolute atomic E-state index is 0.161. The first-order chi connectivity index (χ1) is 11.4. The van der Waals surface area contributed by atoms with Crippen LogP contribution in [0.3, 0.4) is 0 Å². The Morgan fingerprint density at radius 1 is 0.833 bits per heavy atom. The lowest BCUT2D eigenvalue weighted by molar-refractivity contribution is 0.0378. The second kappa shape index (κ2) is 7.77. The van der Waals surface area contributed by atoms with Crippen molar-refractivity contribution in [2.45, 2.75) is 39.7 Å². The minimum Gasteiger partial charge on any atom is -0.459 e. The highest BCUT2D eigenvalue weighted by atomic mass is 16.5. The molecule has 2 aromatic carbocycles. The van der Waals surface area contributed by atoms with Crippen molar-refractivity contribution in [3.05, 3.63) is 65.2 Å². The Bertz CT molecular complexity index is 701. The third kappa shape index (κ3) is 4.69. The highest BCUT2D eigenvalue weighted by Gasteiger charge is 2.10. The van der Waals surface area contributed by atoms with Crippen LogP contribution in [0, 0.1) is 0 Å². The van der Waals surface area contributed by atoms with Crippen LogP contribution in [0.25, 0.3) is 0 Å². The summed E-state index contributed by atoms with van der Waals surface area (Å²) in [6.07, 6.45) is -0.161. The van der Waals surface area contributed by atoms with Crippen LogP contribution in [-0.4, -0.2) is 18.0 Å². The van der Waals surface area contributed by atoms with Crippen LogP contribution in [-0.2, 0) is 4.74 Å². The summed E-state index contributed by atoms with van der Waals surface area (Å²) in [7, 11) is 0. The predicted octanol–water partition coefficient (Wildman–Crippen LogP) is 4.63. The largest absolute Gasteiger partial charge is 0.459 e. The zero-order valence-corrected chi connectivity index (χ0v) is 14.5. The first kappa shape index (κ1) is 17.7. The smallest absolute Gasteiger partial charge is 0.338 e. The van der Waals surface area contributed by atoms with Crippen LogP contribution in [0.1, 0.15) is 59.9 Å². The molecule has 0 atom stereocenters. The van der Waals surface area contributed by atoms with Gasteiger partial charge in [0.2, 0.25) is 0 Å². The van der Waals surface area contributed by atoms with E-state index in [0.29, 0.717) is 22.7 Å². The molecule has 0 saturated heterocycles. The van der Waals surface area contributed by atoms with E-state index in [-0.39, 0.29) is 18.0 Å². The Balaban J connectivity index is 2.02. The molecule has 0 fully saturated rings. The van der Waals surface area contributed by atoms with E-state index in [4.69, 9.17) is 4.74 Å². The van der Waals surface area contributed by atoms with E-state index in [2.05, 4.69) is 19.2 Å². The van der Waals surface area contributed by atoms with Gasteiger partial charge in [-0.15, -0.1) is 0 Å². The standard InChI is InChI=1S/C20H23NO3/c1-13(2)15-5-7-16(8-6-15)19(22)21-18-11-9-17(10-12-18)20(23)24-14(3)4/h5-14H,1-4H3,(H,21,22). The van der Waals surface area contributed by atoms with E-state index in [1.165, 1.54) is 5.56 Å². The summed E-state index contributed by atoms with van der Waals surface area (Å²) in [6.45, 7) is 7.83. The molecule has 0 aliphatic heterocycles. The van der Waals surface area contributed by atoms with Crippen LogP contribution in [0.15, 0.2) is 48.5 Å². The van der Waals surface area contributed by atoms with Gasteiger partial charge >= 0.3 is 5.97 Å². The van der Waals surface area contributed by atoms with Gasteiger partial charge in [-0.25, -0.2) is 4.79 Å².